The zero-order valence-electron chi connectivity index (χ0n) is 23.9. The van der Waals surface area contributed by atoms with Gasteiger partial charge in [0.15, 0.2) is 0 Å². The van der Waals surface area contributed by atoms with E-state index in [4.69, 9.17) is 0 Å². The molecule has 40 heavy (non-hydrogen) atoms. The summed E-state index contributed by atoms with van der Waals surface area (Å²) in [4.78, 5) is 51.2. The first kappa shape index (κ1) is 27.6. The molecule has 2 heterocycles. The van der Waals surface area contributed by atoms with Crippen molar-refractivity contribution in [2.24, 2.45) is 11.8 Å². The van der Waals surface area contributed by atoms with Crippen LogP contribution < -0.4 is 10.6 Å². The summed E-state index contributed by atoms with van der Waals surface area (Å²) in [5, 5.41) is 6.16. The second-order valence-corrected chi connectivity index (χ2v) is 12.5. The first-order valence-electron chi connectivity index (χ1n) is 14.1. The maximum absolute atomic E-state index is 14.5. The predicted molar refractivity (Wildman–Crippen MR) is 154 cm³/mol. The molecule has 0 spiro atoms. The van der Waals surface area contributed by atoms with Gasteiger partial charge in [-0.1, -0.05) is 62.4 Å². The maximum atomic E-state index is 14.5. The Hall–Kier alpha value is -3.94. The van der Waals surface area contributed by atoms with Gasteiger partial charge in [0, 0.05) is 23.5 Å². The van der Waals surface area contributed by atoms with E-state index < -0.39 is 23.7 Å². The Bertz CT molecular complexity index is 1350. The number of hydrogen-bond acceptors (Lipinski definition) is 4. The summed E-state index contributed by atoms with van der Waals surface area (Å²) >= 11 is 0. The monoisotopic (exact) mass is 541 g/mol. The average molecular weight is 542 g/mol. The molecule has 8 nitrogen and oxygen atoms in total. The van der Waals surface area contributed by atoms with E-state index in [1.165, 1.54) is 11.1 Å². The van der Waals surface area contributed by atoms with E-state index in [0.29, 0.717) is 30.7 Å². The number of benzene rings is 2. The summed E-state index contributed by atoms with van der Waals surface area (Å²) in [5.41, 5.74) is 3.42. The summed E-state index contributed by atoms with van der Waals surface area (Å²) < 4.78 is 0. The Morgan fingerprint density at radius 3 is 2.25 bits per heavy atom. The van der Waals surface area contributed by atoms with Gasteiger partial charge in [-0.15, -0.1) is 0 Å². The highest BCUT2D eigenvalue weighted by atomic mass is 16.2. The quantitative estimate of drug-likeness (QED) is 0.417. The van der Waals surface area contributed by atoms with Gasteiger partial charge in [0.1, 0.15) is 23.9 Å². The van der Waals surface area contributed by atoms with Crippen LogP contribution in [-0.2, 0) is 27.2 Å². The van der Waals surface area contributed by atoms with Crippen LogP contribution in [0.15, 0.2) is 60.9 Å². The Morgan fingerprint density at radius 1 is 1.05 bits per heavy atom. The normalized spacial score (nSPS) is 20.4. The van der Waals surface area contributed by atoms with E-state index >= 15 is 0 Å². The lowest BCUT2D eigenvalue weighted by Gasteiger charge is -2.45. The fourth-order valence-electron chi connectivity index (χ4n) is 6.00. The Kier molecular flexibility index (Phi) is 7.53. The summed E-state index contributed by atoms with van der Waals surface area (Å²) in [7, 11) is 0. The number of H-pyrrole nitrogens is 1. The second-order valence-electron chi connectivity index (χ2n) is 12.5. The number of aromatic amines is 1. The largest absolute Gasteiger partial charge is 0.349 e. The molecule has 3 N–H and O–H groups in total. The van der Waals surface area contributed by atoms with Gasteiger partial charge in [0.25, 0.3) is 0 Å². The van der Waals surface area contributed by atoms with E-state index in [2.05, 4.69) is 32.7 Å². The van der Waals surface area contributed by atoms with Crippen molar-refractivity contribution in [2.75, 3.05) is 0 Å². The molecule has 1 aliphatic carbocycles. The van der Waals surface area contributed by atoms with Gasteiger partial charge in [-0.3, -0.25) is 14.4 Å². The minimum absolute atomic E-state index is 0.0657. The molecule has 0 saturated carbocycles. The number of piperazine rings is 1. The molecule has 5 rings (SSSR count). The molecular formula is C32H39N5O3. The third-order valence-corrected chi connectivity index (χ3v) is 7.73. The number of carbonyl (C=O) groups is 3. The molecule has 1 fully saturated rings. The first-order chi connectivity index (χ1) is 19.0. The number of aromatic nitrogens is 2. The van der Waals surface area contributed by atoms with Crippen LogP contribution in [0.25, 0.3) is 11.4 Å². The van der Waals surface area contributed by atoms with Crippen LogP contribution in [0.3, 0.4) is 0 Å². The van der Waals surface area contributed by atoms with Gasteiger partial charge in [-0.2, -0.15) is 0 Å². The van der Waals surface area contributed by atoms with Crippen molar-refractivity contribution in [2.45, 2.75) is 77.5 Å². The van der Waals surface area contributed by atoms with Crippen molar-refractivity contribution in [1.82, 2.24) is 25.5 Å². The van der Waals surface area contributed by atoms with Crippen molar-refractivity contribution in [3.63, 3.8) is 0 Å². The standard InChI is InChI=1S/C32H39N5O3/c1-19(2)16-25-29(38)35-26(24-17-22-8-6-7-9-23(22)18-24)31(40)37(25)27(30(39)36-32(3,4)5)20-10-12-21(13-11-20)28-33-14-15-34-28/h6-15,19,24-27H,16-18H2,1-5H3,(H,33,34)(H,35,38)(H,36,39)/t25-,26-,27-/m1/s1. The Labute approximate surface area is 236 Å². The van der Waals surface area contributed by atoms with Crippen LogP contribution in [0.4, 0.5) is 0 Å². The third-order valence-electron chi connectivity index (χ3n) is 7.73. The number of hydrogen-bond donors (Lipinski definition) is 3. The number of carbonyl (C=O) groups excluding carboxylic acids is 3. The molecular weight excluding hydrogens is 502 g/mol. The highest BCUT2D eigenvalue weighted by Gasteiger charge is 2.49. The molecule has 2 aliphatic rings. The van der Waals surface area contributed by atoms with Crippen LogP contribution in [-0.4, -0.2) is 50.2 Å². The number of rotatable bonds is 7. The number of fused-ring (bicyclic) bond motifs is 1. The third kappa shape index (κ3) is 5.67. The first-order valence-corrected chi connectivity index (χ1v) is 14.1. The molecule has 2 aromatic carbocycles. The maximum Gasteiger partial charge on any atom is 0.247 e. The van der Waals surface area contributed by atoms with E-state index in [1.54, 1.807) is 17.3 Å². The number of amides is 3. The molecule has 3 aromatic rings. The predicted octanol–water partition coefficient (Wildman–Crippen LogP) is 4.19. The summed E-state index contributed by atoms with van der Waals surface area (Å²) in [6.07, 6.45) is 5.33. The summed E-state index contributed by atoms with van der Waals surface area (Å²) in [6, 6.07) is 13.3. The van der Waals surface area contributed by atoms with Crippen LogP contribution in [0, 0.1) is 11.8 Å². The number of nitrogens with zero attached hydrogens (tertiary/aromatic N) is 2. The second kappa shape index (κ2) is 10.9. The zero-order chi connectivity index (χ0) is 28.6. The van der Waals surface area contributed by atoms with Crippen LogP contribution >= 0.6 is 0 Å². The lowest BCUT2D eigenvalue weighted by molar-refractivity contribution is -0.158. The van der Waals surface area contributed by atoms with Crippen LogP contribution in [0.1, 0.15) is 63.8 Å². The molecule has 1 aliphatic heterocycles. The highest BCUT2D eigenvalue weighted by molar-refractivity contribution is 6.00. The highest BCUT2D eigenvalue weighted by Crippen LogP contribution is 2.36. The zero-order valence-corrected chi connectivity index (χ0v) is 23.9. The SMILES string of the molecule is CC(C)C[C@@H]1C(=O)N[C@H](C2Cc3ccccc3C2)C(=O)N1[C@@H](C(=O)NC(C)(C)C)c1ccc(-c2ncc[nH]2)cc1. The molecule has 210 valence electrons. The number of imidazole rings is 1. The Balaban J connectivity index is 1.55. The number of nitrogens with one attached hydrogen (secondary N) is 3. The van der Waals surface area contributed by atoms with Crippen molar-refractivity contribution in [3.8, 4) is 11.4 Å². The van der Waals surface area contributed by atoms with Crippen molar-refractivity contribution in [3.05, 3.63) is 77.6 Å². The lowest BCUT2D eigenvalue weighted by atomic mass is 9.87. The van der Waals surface area contributed by atoms with Crippen molar-refractivity contribution >= 4 is 17.7 Å². The molecule has 1 aromatic heterocycles. The lowest BCUT2D eigenvalue weighted by Crippen LogP contribution is -2.67. The van der Waals surface area contributed by atoms with Gasteiger partial charge < -0.3 is 20.5 Å². The summed E-state index contributed by atoms with van der Waals surface area (Å²) in [5.74, 6) is 0.0926. The fraction of sp³-hybridized carbons (Fsp3) is 0.438. The summed E-state index contributed by atoms with van der Waals surface area (Å²) in [6.45, 7) is 9.79. The van der Waals surface area contributed by atoms with Crippen LogP contribution in [0.2, 0.25) is 0 Å². The molecule has 0 radical (unpaired) electrons. The topological polar surface area (TPSA) is 107 Å². The van der Waals surface area contributed by atoms with Crippen LogP contribution in [0.5, 0.6) is 0 Å². The molecule has 8 heteroatoms. The molecule has 3 atom stereocenters. The van der Waals surface area contributed by atoms with Gasteiger partial charge in [-0.25, -0.2) is 4.98 Å². The molecule has 0 unspecified atom stereocenters. The minimum atomic E-state index is -0.960. The fourth-order valence-corrected chi connectivity index (χ4v) is 6.00. The molecule has 3 amide bonds. The average Bonchev–Trinajstić information content (AvgIpc) is 3.57. The van der Waals surface area contributed by atoms with Gasteiger partial charge in [0.2, 0.25) is 17.7 Å². The van der Waals surface area contributed by atoms with Gasteiger partial charge >= 0.3 is 0 Å². The van der Waals surface area contributed by atoms with E-state index in [9.17, 15) is 14.4 Å². The minimum Gasteiger partial charge on any atom is -0.349 e. The Morgan fingerprint density at radius 2 is 1.70 bits per heavy atom. The molecule has 1 saturated heterocycles. The van der Waals surface area contributed by atoms with E-state index in [1.807, 2.05) is 71.0 Å². The van der Waals surface area contributed by atoms with E-state index in [0.717, 1.165) is 5.56 Å². The van der Waals surface area contributed by atoms with E-state index in [-0.39, 0.29) is 29.6 Å². The smallest absolute Gasteiger partial charge is 0.247 e. The molecule has 0 bridgehead atoms. The van der Waals surface area contributed by atoms with Crippen molar-refractivity contribution in [1.29, 1.82) is 0 Å². The van der Waals surface area contributed by atoms with Crippen molar-refractivity contribution < 1.29 is 14.4 Å². The van der Waals surface area contributed by atoms with Gasteiger partial charge in [0.05, 0.1) is 0 Å². The van der Waals surface area contributed by atoms with Gasteiger partial charge in [-0.05, 0) is 68.6 Å².